The highest BCUT2D eigenvalue weighted by Crippen LogP contribution is 2.23. The first-order valence-corrected chi connectivity index (χ1v) is 9.78. The predicted octanol–water partition coefficient (Wildman–Crippen LogP) is 2.55. The van der Waals surface area contributed by atoms with Gasteiger partial charge < -0.3 is 9.64 Å². The fraction of sp³-hybridized carbons (Fsp3) is 0.667. The van der Waals surface area contributed by atoms with Crippen LogP contribution in [0.4, 0.5) is 4.79 Å². The van der Waals surface area contributed by atoms with Gasteiger partial charge in [-0.2, -0.15) is 0 Å². The van der Waals surface area contributed by atoms with E-state index in [2.05, 4.69) is 9.97 Å². The van der Waals surface area contributed by atoms with Gasteiger partial charge in [0.15, 0.2) is 14.9 Å². The van der Waals surface area contributed by atoms with Crippen molar-refractivity contribution in [3.8, 4) is 0 Å². The third kappa shape index (κ3) is 5.31. The van der Waals surface area contributed by atoms with Crippen molar-refractivity contribution in [1.82, 2.24) is 14.9 Å². The molecule has 0 saturated carbocycles. The Labute approximate surface area is 147 Å². The van der Waals surface area contributed by atoms with E-state index < -0.39 is 15.4 Å². The number of sulfone groups is 1. The van der Waals surface area contributed by atoms with E-state index in [-0.39, 0.29) is 27.9 Å². The number of nitrogens with zero attached hydrogens (tertiary/aromatic N) is 3. The van der Waals surface area contributed by atoms with Crippen molar-refractivity contribution in [1.29, 1.82) is 0 Å². The van der Waals surface area contributed by atoms with Gasteiger partial charge in [0.2, 0.25) is 0 Å². The second-order valence-electron chi connectivity index (χ2n) is 6.87. The summed E-state index contributed by atoms with van der Waals surface area (Å²) in [6.45, 7) is 6.42. The number of carbonyl (C=O) groups is 1. The third-order valence-corrected chi connectivity index (χ3v) is 5.63. The number of piperidine rings is 1. The van der Waals surface area contributed by atoms with E-state index >= 15 is 0 Å². The molecule has 0 aromatic carbocycles. The number of carbonyl (C=O) groups excluding carboxylic acids is 1. The van der Waals surface area contributed by atoms with Crippen LogP contribution in [-0.2, 0) is 14.6 Å². The molecule has 2 rings (SSSR count). The molecule has 1 aliphatic rings. The standard InChI is InChI=1S/C15H22ClN3O4S/c1-15(2,3)23-14(20)19-6-4-11(5-7-19)9-24(21,22)13-8-12(16)17-10-18-13/h8,10-11H,4-7,9H2,1-3H3. The van der Waals surface area contributed by atoms with Crippen LogP contribution in [0, 0.1) is 5.92 Å². The molecule has 9 heteroatoms. The first kappa shape index (κ1) is 18.9. The summed E-state index contributed by atoms with van der Waals surface area (Å²) in [6, 6.07) is 1.26. The maximum Gasteiger partial charge on any atom is 0.410 e. The van der Waals surface area contributed by atoms with Crippen molar-refractivity contribution in [3.05, 3.63) is 17.5 Å². The number of halogens is 1. The Hall–Kier alpha value is -1.41. The van der Waals surface area contributed by atoms with Gasteiger partial charge in [0.25, 0.3) is 0 Å². The predicted molar refractivity (Wildman–Crippen MR) is 89.6 cm³/mol. The van der Waals surface area contributed by atoms with Gasteiger partial charge in [-0.25, -0.2) is 23.2 Å². The van der Waals surface area contributed by atoms with Crippen molar-refractivity contribution in [3.63, 3.8) is 0 Å². The smallest absolute Gasteiger partial charge is 0.410 e. The van der Waals surface area contributed by atoms with Gasteiger partial charge in [-0.05, 0) is 39.5 Å². The van der Waals surface area contributed by atoms with Crippen LogP contribution in [0.3, 0.4) is 0 Å². The molecule has 0 aliphatic carbocycles. The van der Waals surface area contributed by atoms with Crippen LogP contribution in [0.25, 0.3) is 0 Å². The average Bonchev–Trinajstić information content (AvgIpc) is 2.46. The number of rotatable bonds is 3. The lowest BCUT2D eigenvalue weighted by Crippen LogP contribution is -2.42. The van der Waals surface area contributed by atoms with Crippen LogP contribution < -0.4 is 0 Å². The topological polar surface area (TPSA) is 89.5 Å². The Balaban J connectivity index is 1.92. The molecule has 1 amide bonds. The summed E-state index contributed by atoms with van der Waals surface area (Å²) in [5.74, 6) is -0.0369. The van der Waals surface area contributed by atoms with Crippen LogP contribution in [0.5, 0.6) is 0 Å². The molecule has 134 valence electrons. The fourth-order valence-corrected chi connectivity index (χ4v) is 4.33. The minimum absolute atomic E-state index is 0.0114. The van der Waals surface area contributed by atoms with Gasteiger partial charge in [0.1, 0.15) is 17.1 Å². The van der Waals surface area contributed by atoms with Gasteiger partial charge in [-0.3, -0.25) is 0 Å². The molecule has 1 fully saturated rings. The summed E-state index contributed by atoms with van der Waals surface area (Å²) < 4.78 is 30.1. The quantitative estimate of drug-likeness (QED) is 0.754. The zero-order chi connectivity index (χ0) is 18.0. The molecule has 0 spiro atoms. The highest BCUT2D eigenvalue weighted by Gasteiger charge is 2.30. The molecule has 0 N–H and O–H groups in total. The minimum Gasteiger partial charge on any atom is -0.444 e. The molecular formula is C15H22ClN3O4S. The Morgan fingerprint density at radius 3 is 2.50 bits per heavy atom. The molecule has 0 atom stereocenters. The number of aromatic nitrogens is 2. The Morgan fingerprint density at radius 2 is 1.96 bits per heavy atom. The molecule has 7 nitrogen and oxygen atoms in total. The number of amides is 1. The third-order valence-electron chi connectivity index (χ3n) is 3.65. The Bertz CT molecular complexity index is 695. The first-order valence-electron chi connectivity index (χ1n) is 7.75. The fourth-order valence-electron chi connectivity index (χ4n) is 2.49. The zero-order valence-electron chi connectivity index (χ0n) is 14.0. The van der Waals surface area contributed by atoms with Crippen LogP contribution >= 0.6 is 11.6 Å². The van der Waals surface area contributed by atoms with Crippen molar-refractivity contribution >= 4 is 27.5 Å². The van der Waals surface area contributed by atoms with E-state index in [9.17, 15) is 13.2 Å². The molecule has 0 bridgehead atoms. The second-order valence-corrected chi connectivity index (χ2v) is 9.24. The summed E-state index contributed by atoms with van der Waals surface area (Å²) in [5.41, 5.74) is -0.538. The van der Waals surface area contributed by atoms with Crippen molar-refractivity contribution in [2.24, 2.45) is 5.92 Å². The largest absolute Gasteiger partial charge is 0.444 e. The lowest BCUT2D eigenvalue weighted by atomic mass is 9.99. The minimum atomic E-state index is -3.52. The average molecular weight is 376 g/mol. The summed E-state index contributed by atoms with van der Waals surface area (Å²) in [6.07, 6.45) is 2.00. The van der Waals surface area contributed by atoms with Crippen molar-refractivity contribution < 1.29 is 17.9 Å². The van der Waals surface area contributed by atoms with E-state index in [0.717, 1.165) is 6.33 Å². The molecule has 1 aromatic rings. The molecule has 0 unspecified atom stereocenters. The van der Waals surface area contributed by atoms with E-state index in [1.807, 2.05) is 20.8 Å². The molecule has 1 saturated heterocycles. The van der Waals surface area contributed by atoms with E-state index in [1.54, 1.807) is 4.90 Å². The monoisotopic (exact) mass is 375 g/mol. The van der Waals surface area contributed by atoms with Gasteiger partial charge >= 0.3 is 6.09 Å². The molecule has 0 radical (unpaired) electrons. The van der Waals surface area contributed by atoms with E-state index in [1.165, 1.54) is 6.07 Å². The molecule has 1 aromatic heterocycles. The molecule has 2 heterocycles. The first-order chi connectivity index (χ1) is 11.1. The van der Waals surface area contributed by atoms with Crippen LogP contribution in [0.15, 0.2) is 17.4 Å². The number of hydrogen-bond donors (Lipinski definition) is 0. The lowest BCUT2D eigenvalue weighted by molar-refractivity contribution is 0.0191. The summed E-state index contributed by atoms with van der Waals surface area (Å²) in [5, 5.41) is 0.0420. The van der Waals surface area contributed by atoms with E-state index in [4.69, 9.17) is 16.3 Å². The molecular weight excluding hydrogens is 354 g/mol. The normalized spacial score (nSPS) is 16.9. The Kier molecular flexibility index (Phi) is 5.70. The number of ether oxygens (including phenoxy) is 1. The molecule has 24 heavy (non-hydrogen) atoms. The zero-order valence-corrected chi connectivity index (χ0v) is 15.6. The van der Waals surface area contributed by atoms with Crippen LogP contribution in [0.2, 0.25) is 5.15 Å². The summed E-state index contributed by atoms with van der Waals surface area (Å²) >= 11 is 5.73. The maximum atomic E-state index is 12.4. The summed E-state index contributed by atoms with van der Waals surface area (Å²) in [7, 11) is -3.52. The highest BCUT2D eigenvalue weighted by atomic mass is 35.5. The second kappa shape index (κ2) is 7.23. The maximum absolute atomic E-state index is 12.4. The summed E-state index contributed by atoms with van der Waals surface area (Å²) in [4.78, 5) is 21.1. The van der Waals surface area contributed by atoms with Gasteiger partial charge in [0.05, 0.1) is 5.75 Å². The van der Waals surface area contributed by atoms with Gasteiger partial charge in [-0.15, -0.1) is 0 Å². The highest BCUT2D eigenvalue weighted by molar-refractivity contribution is 7.91. The van der Waals surface area contributed by atoms with Crippen LogP contribution in [0.1, 0.15) is 33.6 Å². The lowest BCUT2D eigenvalue weighted by Gasteiger charge is -2.33. The Morgan fingerprint density at radius 1 is 1.33 bits per heavy atom. The number of likely N-dealkylation sites (tertiary alicyclic amines) is 1. The number of hydrogen-bond acceptors (Lipinski definition) is 6. The van der Waals surface area contributed by atoms with Crippen molar-refractivity contribution in [2.75, 3.05) is 18.8 Å². The van der Waals surface area contributed by atoms with Crippen LogP contribution in [-0.4, -0.2) is 53.8 Å². The van der Waals surface area contributed by atoms with Crippen molar-refractivity contribution in [2.45, 2.75) is 44.2 Å². The van der Waals surface area contributed by atoms with E-state index in [0.29, 0.717) is 25.9 Å². The van der Waals surface area contributed by atoms with Gasteiger partial charge in [-0.1, -0.05) is 11.6 Å². The SMILES string of the molecule is CC(C)(C)OC(=O)N1CCC(CS(=O)(=O)c2cc(Cl)ncn2)CC1. The molecule has 1 aliphatic heterocycles. The van der Waals surface area contributed by atoms with Gasteiger partial charge in [0, 0.05) is 19.2 Å².